The van der Waals surface area contributed by atoms with Crippen molar-refractivity contribution in [3.63, 3.8) is 0 Å². The van der Waals surface area contributed by atoms with Crippen LogP contribution < -0.4 is 10.2 Å². The third kappa shape index (κ3) is 4.46. The number of rotatable bonds is 5. The predicted molar refractivity (Wildman–Crippen MR) is 117 cm³/mol. The third-order valence-corrected chi connectivity index (χ3v) is 5.86. The SMILES string of the molecule is CC(NC(=O)C(C)N1CCCN(c2nc3ccccc3[nH]2)CC1)c1ccc(F)cc1. The fourth-order valence-corrected chi connectivity index (χ4v) is 3.96. The van der Waals surface area contributed by atoms with Crippen LogP contribution in [-0.4, -0.2) is 53.0 Å². The summed E-state index contributed by atoms with van der Waals surface area (Å²) in [5.74, 6) is 0.605. The van der Waals surface area contributed by atoms with Gasteiger partial charge in [-0.15, -0.1) is 0 Å². The summed E-state index contributed by atoms with van der Waals surface area (Å²) in [7, 11) is 0. The Bertz CT molecular complexity index is 969. The Hall–Kier alpha value is -2.93. The summed E-state index contributed by atoms with van der Waals surface area (Å²) in [4.78, 5) is 25.4. The molecule has 6 nitrogen and oxygen atoms in total. The maximum absolute atomic E-state index is 13.1. The lowest BCUT2D eigenvalue weighted by Crippen LogP contribution is -2.47. The molecule has 158 valence electrons. The van der Waals surface area contributed by atoms with Gasteiger partial charge in [0.25, 0.3) is 0 Å². The number of hydrogen-bond acceptors (Lipinski definition) is 4. The van der Waals surface area contributed by atoms with Gasteiger partial charge in [0.2, 0.25) is 11.9 Å². The number of aromatic nitrogens is 2. The largest absolute Gasteiger partial charge is 0.348 e. The second-order valence-corrected chi connectivity index (χ2v) is 7.91. The molecule has 2 aromatic carbocycles. The van der Waals surface area contributed by atoms with E-state index in [4.69, 9.17) is 4.98 Å². The van der Waals surface area contributed by atoms with Gasteiger partial charge in [0.15, 0.2) is 0 Å². The van der Waals surface area contributed by atoms with Gasteiger partial charge in [0.05, 0.1) is 23.1 Å². The molecule has 0 radical (unpaired) electrons. The zero-order valence-corrected chi connectivity index (χ0v) is 17.4. The summed E-state index contributed by atoms with van der Waals surface area (Å²) in [6, 6.07) is 13.9. The molecule has 2 unspecified atom stereocenters. The number of carbonyl (C=O) groups is 1. The van der Waals surface area contributed by atoms with Crippen LogP contribution in [-0.2, 0) is 4.79 Å². The molecule has 0 bridgehead atoms. The number of nitrogens with zero attached hydrogens (tertiary/aromatic N) is 3. The van der Waals surface area contributed by atoms with Crippen LogP contribution in [0, 0.1) is 5.82 Å². The van der Waals surface area contributed by atoms with Crippen molar-refractivity contribution in [3.8, 4) is 0 Å². The topological polar surface area (TPSA) is 64.3 Å². The van der Waals surface area contributed by atoms with Gasteiger partial charge >= 0.3 is 0 Å². The summed E-state index contributed by atoms with van der Waals surface area (Å²) in [6.07, 6.45) is 0.960. The number of fused-ring (bicyclic) bond motifs is 1. The highest BCUT2D eigenvalue weighted by atomic mass is 19.1. The summed E-state index contributed by atoms with van der Waals surface area (Å²) >= 11 is 0. The molecule has 7 heteroatoms. The van der Waals surface area contributed by atoms with Crippen LogP contribution in [0.15, 0.2) is 48.5 Å². The van der Waals surface area contributed by atoms with Gasteiger partial charge in [0.1, 0.15) is 5.82 Å². The van der Waals surface area contributed by atoms with Crippen LogP contribution in [0.1, 0.15) is 31.9 Å². The van der Waals surface area contributed by atoms with Crippen LogP contribution in [0.25, 0.3) is 11.0 Å². The molecule has 3 aromatic rings. The average molecular weight is 410 g/mol. The Balaban J connectivity index is 1.36. The average Bonchev–Trinajstić information content (AvgIpc) is 3.03. The van der Waals surface area contributed by atoms with Crippen molar-refractivity contribution in [1.82, 2.24) is 20.2 Å². The van der Waals surface area contributed by atoms with Crippen LogP contribution in [0.3, 0.4) is 0 Å². The molecule has 2 heterocycles. The standard InChI is InChI=1S/C23H28FN5O/c1-16(18-8-10-19(24)11-9-18)25-22(30)17(2)28-12-5-13-29(15-14-28)23-26-20-6-3-4-7-21(20)27-23/h3-4,6-11,16-17H,5,12-15H2,1-2H3,(H,25,30)(H,26,27). The number of amides is 1. The van der Waals surface area contributed by atoms with E-state index in [2.05, 4.69) is 20.1 Å². The van der Waals surface area contributed by atoms with Crippen molar-refractivity contribution >= 4 is 22.9 Å². The smallest absolute Gasteiger partial charge is 0.237 e. The Kier molecular flexibility index (Phi) is 5.99. The number of H-pyrrole nitrogens is 1. The van der Waals surface area contributed by atoms with E-state index in [0.717, 1.165) is 55.1 Å². The molecule has 1 fully saturated rings. The number of halogens is 1. The predicted octanol–water partition coefficient (Wildman–Crippen LogP) is 3.48. The number of carbonyl (C=O) groups excluding carboxylic acids is 1. The number of aromatic amines is 1. The third-order valence-electron chi connectivity index (χ3n) is 5.86. The molecule has 0 saturated carbocycles. The molecule has 30 heavy (non-hydrogen) atoms. The van der Waals surface area contributed by atoms with Crippen LogP contribution in [0.5, 0.6) is 0 Å². The first kappa shape index (κ1) is 20.3. The van der Waals surface area contributed by atoms with Crippen LogP contribution in [0.2, 0.25) is 0 Å². The van der Waals surface area contributed by atoms with Gasteiger partial charge in [-0.25, -0.2) is 9.37 Å². The molecular formula is C23H28FN5O. The molecule has 0 aliphatic carbocycles. The van der Waals surface area contributed by atoms with Crippen LogP contribution >= 0.6 is 0 Å². The second-order valence-electron chi connectivity index (χ2n) is 7.91. The molecule has 1 saturated heterocycles. The fraction of sp³-hybridized carbons (Fsp3) is 0.391. The Morgan fingerprint density at radius 3 is 2.60 bits per heavy atom. The number of benzene rings is 2. The summed E-state index contributed by atoms with van der Waals surface area (Å²) in [6.45, 7) is 7.22. The van der Waals surface area contributed by atoms with Crippen molar-refractivity contribution in [3.05, 3.63) is 59.9 Å². The van der Waals surface area contributed by atoms with E-state index in [1.54, 1.807) is 12.1 Å². The number of hydrogen-bond donors (Lipinski definition) is 2. The minimum absolute atomic E-state index is 0.0102. The van der Waals surface area contributed by atoms with E-state index in [-0.39, 0.29) is 23.8 Å². The monoisotopic (exact) mass is 409 g/mol. The number of para-hydroxylation sites is 2. The Morgan fingerprint density at radius 1 is 1.07 bits per heavy atom. The van der Waals surface area contributed by atoms with Gasteiger partial charge in [-0.2, -0.15) is 0 Å². The molecule has 1 aliphatic rings. The number of anilines is 1. The Labute approximate surface area is 176 Å². The van der Waals surface area contributed by atoms with Crippen LogP contribution in [0.4, 0.5) is 10.3 Å². The van der Waals surface area contributed by atoms with Crippen molar-refractivity contribution in [2.45, 2.75) is 32.4 Å². The molecule has 2 N–H and O–H groups in total. The van der Waals surface area contributed by atoms with Gasteiger partial charge in [-0.1, -0.05) is 24.3 Å². The second kappa shape index (κ2) is 8.83. The van der Waals surface area contributed by atoms with E-state index in [9.17, 15) is 9.18 Å². The zero-order valence-electron chi connectivity index (χ0n) is 17.4. The minimum atomic E-state index is -0.274. The quantitative estimate of drug-likeness (QED) is 0.677. The van der Waals surface area contributed by atoms with Gasteiger partial charge in [-0.3, -0.25) is 9.69 Å². The van der Waals surface area contributed by atoms with E-state index >= 15 is 0 Å². The van der Waals surface area contributed by atoms with E-state index in [1.165, 1.54) is 12.1 Å². The van der Waals surface area contributed by atoms with Gasteiger partial charge in [0, 0.05) is 26.2 Å². The molecular weight excluding hydrogens is 381 g/mol. The molecule has 0 spiro atoms. The maximum Gasteiger partial charge on any atom is 0.237 e. The van der Waals surface area contributed by atoms with E-state index in [0.29, 0.717) is 0 Å². The lowest BCUT2D eigenvalue weighted by molar-refractivity contribution is -0.126. The van der Waals surface area contributed by atoms with Crippen molar-refractivity contribution in [1.29, 1.82) is 0 Å². The maximum atomic E-state index is 13.1. The van der Waals surface area contributed by atoms with E-state index < -0.39 is 0 Å². The lowest BCUT2D eigenvalue weighted by Gasteiger charge is -2.28. The molecule has 1 aromatic heterocycles. The summed E-state index contributed by atoms with van der Waals surface area (Å²) < 4.78 is 13.1. The summed E-state index contributed by atoms with van der Waals surface area (Å²) in [5.41, 5.74) is 2.90. The first-order chi connectivity index (χ1) is 14.5. The zero-order chi connectivity index (χ0) is 21.1. The first-order valence-corrected chi connectivity index (χ1v) is 10.5. The molecule has 2 atom stereocenters. The molecule has 4 rings (SSSR count). The van der Waals surface area contributed by atoms with E-state index in [1.807, 2.05) is 38.1 Å². The van der Waals surface area contributed by atoms with Gasteiger partial charge in [-0.05, 0) is 50.1 Å². The van der Waals surface area contributed by atoms with Crippen molar-refractivity contribution in [2.24, 2.45) is 0 Å². The van der Waals surface area contributed by atoms with Crippen molar-refractivity contribution < 1.29 is 9.18 Å². The fourth-order valence-electron chi connectivity index (χ4n) is 3.96. The lowest BCUT2D eigenvalue weighted by atomic mass is 10.1. The minimum Gasteiger partial charge on any atom is -0.348 e. The molecule has 1 aliphatic heterocycles. The highest BCUT2D eigenvalue weighted by Crippen LogP contribution is 2.19. The number of imidazole rings is 1. The Morgan fingerprint density at radius 2 is 1.83 bits per heavy atom. The highest BCUT2D eigenvalue weighted by molar-refractivity contribution is 5.81. The molecule has 1 amide bonds. The normalized spacial score (nSPS) is 17.5. The highest BCUT2D eigenvalue weighted by Gasteiger charge is 2.26. The first-order valence-electron chi connectivity index (χ1n) is 10.5. The van der Waals surface area contributed by atoms with Crippen molar-refractivity contribution in [2.75, 3.05) is 31.1 Å². The summed E-state index contributed by atoms with van der Waals surface area (Å²) in [5, 5.41) is 3.06. The number of nitrogens with one attached hydrogen (secondary N) is 2. The van der Waals surface area contributed by atoms with Gasteiger partial charge < -0.3 is 15.2 Å².